The highest BCUT2D eigenvalue weighted by Crippen LogP contribution is 2.32. The van der Waals surface area contributed by atoms with Gasteiger partial charge in [-0.25, -0.2) is 0 Å². The van der Waals surface area contributed by atoms with Gasteiger partial charge in [0.2, 0.25) is 0 Å². The maximum absolute atomic E-state index is 3.52. The Morgan fingerprint density at radius 1 is 1.29 bits per heavy atom. The Morgan fingerprint density at radius 3 is 2.64 bits per heavy atom. The van der Waals surface area contributed by atoms with Crippen LogP contribution in [0, 0.1) is 11.8 Å². The van der Waals surface area contributed by atoms with Gasteiger partial charge < -0.3 is 10.6 Å². The fourth-order valence-electron chi connectivity index (χ4n) is 2.87. The van der Waals surface area contributed by atoms with Crippen LogP contribution in [-0.4, -0.2) is 26.2 Å². The molecule has 0 amide bonds. The molecular weight excluding hydrogens is 172 g/mol. The molecule has 1 saturated carbocycles. The minimum absolute atomic E-state index is 0.800. The predicted molar refractivity (Wildman–Crippen MR) is 60.4 cm³/mol. The lowest BCUT2D eigenvalue weighted by atomic mass is 9.76. The molecule has 0 aromatic rings. The quantitative estimate of drug-likeness (QED) is 0.716. The predicted octanol–water partition coefficient (Wildman–Crippen LogP) is 1.76. The lowest BCUT2D eigenvalue weighted by molar-refractivity contribution is 0.195. The highest BCUT2D eigenvalue weighted by Gasteiger charge is 2.28. The number of hydrogen-bond donors (Lipinski definition) is 2. The van der Waals surface area contributed by atoms with Gasteiger partial charge in [-0.3, -0.25) is 0 Å². The lowest BCUT2D eigenvalue weighted by Gasteiger charge is -2.36. The van der Waals surface area contributed by atoms with Crippen LogP contribution in [0.25, 0.3) is 0 Å². The summed E-state index contributed by atoms with van der Waals surface area (Å²) in [6.45, 7) is 2.50. The first-order chi connectivity index (χ1) is 6.90. The standard InChI is InChI=1S/C12H24N2/c1-13-12(11-5-2-6-11)8-10-4-3-7-14-9-10/h10-14H,2-9H2,1H3. The Balaban J connectivity index is 1.74. The fraction of sp³-hybridized carbons (Fsp3) is 1.00. The topological polar surface area (TPSA) is 24.1 Å². The van der Waals surface area contributed by atoms with Crippen LogP contribution in [0.4, 0.5) is 0 Å². The van der Waals surface area contributed by atoms with Crippen molar-refractivity contribution >= 4 is 0 Å². The van der Waals surface area contributed by atoms with Crippen molar-refractivity contribution in [2.75, 3.05) is 20.1 Å². The molecule has 2 rings (SSSR count). The molecule has 1 aliphatic carbocycles. The highest BCUT2D eigenvalue weighted by molar-refractivity contribution is 4.85. The van der Waals surface area contributed by atoms with E-state index in [0.717, 1.165) is 17.9 Å². The van der Waals surface area contributed by atoms with Crippen molar-refractivity contribution in [3.63, 3.8) is 0 Å². The third kappa shape index (κ3) is 2.48. The summed E-state index contributed by atoms with van der Waals surface area (Å²) < 4.78 is 0. The maximum atomic E-state index is 3.52. The van der Waals surface area contributed by atoms with E-state index in [9.17, 15) is 0 Å². The summed E-state index contributed by atoms with van der Waals surface area (Å²) in [7, 11) is 2.14. The molecule has 2 fully saturated rings. The first-order valence-electron chi connectivity index (χ1n) is 6.28. The van der Waals surface area contributed by atoms with E-state index in [1.165, 1.54) is 51.6 Å². The van der Waals surface area contributed by atoms with E-state index in [0.29, 0.717) is 0 Å². The number of nitrogens with one attached hydrogen (secondary N) is 2. The second kappa shape index (κ2) is 5.13. The summed E-state index contributed by atoms with van der Waals surface area (Å²) in [5, 5.41) is 7.03. The Kier molecular flexibility index (Phi) is 3.82. The summed E-state index contributed by atoms with van der Waals surface area (Å²) in [6.07, 6.45) is 8.61. The highest BCUT2D eigenvalue weighted by atomic mass is 14.9. The van der Waals surface area contributed by atoms with Gasteiger partial charge in [-0.1, -0.05) is 6.42 Å². The van der Waals surface area contributed by atoms with E-state index < -0.39 is 0 Å². The normalized spacial score (nSPS) is 31.1. The molecule has 2 N–H and O–H groups in total. The van der Waals surface area contributed by atoms with Crippen LogP contribution >= 0.6 is 0 Å². The smallest absolute Gasteiger partial charge is 0.00954 e. The first-order valence-corrected chi connectivity index (χ1v) is 6.28. The van der Waals surface area contributed by atoms with Gasteiger partial charge in [-0.2, -0.15) is 0 Å². The molecule has 2 heteroatoms. The van der Waals surface area contributed by atoms with E-state index >= 15 is 0 Å². The summed E-state index contributed by atoms with van der Waals surface area (Å²) >= 11 is 0. The molecule has 0 radical (unpaired) electrons. The molecule has 2 nitrogen and oxygen atoms in total. The van der Waals surface area contributed by atoms with Crippen molar-refractivity contribution in [3.05, 3.63) is 0 Å². The fourth-order valence-corrected chi connectivity index (χ4v) is 2.87. The van der Waals surface area contributed by atoms with E-state index in [1.807, 2.05) is 0 Å². The summed E-state index contributed by atoms with van der Waals surface area (Å²) in [6, 6.07) is 0.800. The molecule has 0 aromatic heterocycles. The van der Waals surface area contributed by atoms with Gasteiger partial charge in [0.05, 0.1) is 0 Å². The van der Waals surface area contributed by atoms with Crippen molar-refractivity contribution in [2.45, 2.75) is 44.6 Å². The van der Waals surface area contributed by atoms with Crippen LogP contribution in [0.3, 0.4) is 0 Å². The summed E-state index contributed by atoms with van der Waals surface area (Å²) in [4.78, 5) is 0. The van der Waals surface area contributed by atoms with Crippen molar-refractivity contribution in [1.29, 1.82) is 0 Å². The van der Waals surface area contributed by atoms with Crippen LogP contribution in [0.1, 0.15) is 38.5 Å². The minimum Gasteiger partial charge on any atom is -0.317 e. The van der Waals surface area contributed by atoms with Gasteiger partial charge in [0.15, 0.2) is 0 Å². The van der Waals surface area contributed by atoms with Gasteiger partial charge in [-0.15, -0.1) is 0 Å². The molecule has 14 heavy (non-hydrogen) atoms. The second-order valence-corrected chi connectivity index (χ2v) is 5.03. The number of rotatable bonds is 4. The zero-order valence-electron chi connectivity index (χ0n) is 9.39. The molecule has 1 aliphatic heterocycles. The third-order valence-electron chi connectivity index (χ3n) is 4.08. The van der Waals surface area contributed by atoms with E-state index in [1.54, 1.807) is 0 Å². The van der Waals surface area contributed by atoms with E-state index in [-0.39, 0.29) is 0 Å². The van der Waals surface area contributed by atoms with Crippen molar-refractivity contribution in [2.24, 2.45) is 11.8 Å². The van der Waals surface area contributed by atoms with Crippen LogP contribution in [-0.2, 0) is 0 Å². The monoisotopic (exact) mass is 196 g/mol. The van der Waals surface area contributed by atoms with Crippen LogP contribution in [0.5, 0.6) is 0 Å². The van der Waals surface area contributed by atoms with Crippen LogP contribution in [0.15, 0.2) is 0 Å². The van der Waals surface area contributed by atoms with E-state index in [4.69, 9.17) is 0 Å². The van der Waals surface area contributed by atoms with Gasteiger partial charge in [0.1, 0.15) is 0 Å². The second-order valence-electron chi connectivity index (χ2n) is 5.03. The van der Waals surface area contributed by atoms with Gasteiger partial charge >= 0.3 is 0 Å². The Morgan fingerprint density at radius 2 is 2.14 bits per heavy atom. The Hall–Kier alpha value is -0.0800. The zero-order chi connectivity index (χ0) is 9.80. The Labute approximate surface area is 87.8 Å². The van der Waals surface area contributed by atoms with Crippen LogP contribution in [0.2, 0.25) is 0 Å². The third-order valence-corrected chi connectivity index (χ3v) is 4.08. The van der Waals surface area contributed by atoms with Gasteiger partial charge in [-0.05, 0) is 64.1 Å². The number of hydrogen-bond acceptors (Lipinski definition) is 2. The minimum atomic E-state index is 0.800. The van der Waals surface area contributed by atoms with Gasteiger partial charge in [0, 0.05) is 6.04 Å². The molecule has 1 saturated heterocycles. The maximum Gasteiger partial charge on any atom is 0.00954 e. The van der Waals surface area contributed by atoms with Crippen LogP contribution < -0.4 is 10.6 Å². The average molecular weight is 196 g/mol. The molecule has 2 atom stereocenters. The lowest BCUT2D eigenvalue weighted by Crippen LogP contribution is -2.41. The molecule has 0 aromatic carbocycles. The molecular formula is C12H24N2. The van der Waals surface area contributed by atoms with Crippen molar-refractivity contribution in [3.8, 4) is 0 Å². The largest absolute Gasteiger partial charge is 0.317 e. The van der Waals surface area contributed by atoms with E-state index in [2.05, 4.69) is 17.7 Å². The molecule has 82 valence electrons. The van der Waals surface area contributed by atoms with Crippen molar-refractivity contribution in [1.82, 2.24) is 10.6 Å². The molecule has 0 bridgehead atoms. The molecule has 0 spiro atoms. The zero-order valence-corrected chi connectivity index (χ0v) is 9.39. The average Bonchev–Trinajstić information content (AvgIpc) is 2.15. The van der Waals surface area contributed by atoms with Gasteiger partial charge in [0.25, 0.3) is 0 Å². The number of piperidine rings is 1. The molecule has 2 unspecified atom stereocenters. The summed E-state index contributed by atoms with van der Waals surface area (Å²) in [5.41, 5.74) is 0. The molecule has 2 aliphatic rings. The Bertz CT molecular complexity index is 160. The summed E-state index contributed by atoms with van der Waals surface area (Å²) in [5.74, 6) is 1.92. The SMILES string of the molecule is CNC(CC1CCCNC1)C1CCC1. The van der Waals surface area contributed by atoms with Crippen molar-refractivity contribution < 1.29 is 0 Å². The first kappa shape index (κ1) is 10.4. The molecule has 1 heterocycles.